The predicted octanol–water partition coefficient (Wildman–Crippen LogP) is 2.69. The van der Waals surface area contributed by atoms with Crippen molar-refractivity contribution in [1.82, 2.24) is 19.8 Å². The fourth-order valence-electron chi connectivity index (χ4n) is 4.43. The number of aromatic nitrogens is 2. The van der Waals surface area contributed by atoms with Crippen LogP contribution in [0, 0.1) is 5.92 Å². The molecule has 2 amide bonds. The summed E-state index contributed by atoms with van der Waals surface area (Å²) in [6.07, 6.45) is -2.25. The SMILES string of the molecule is CN1CCN(C(=O)c2ccc(Nc3ncc(C(F)(F)F)c(NC4CCCC4C(N)=O)n3)cc2)CC1. The number of primary amides is 1. The van der Waals surface area contributed by atoms with E-state index >= 15 is 0 Å². The first-order chi connectivity index (χ1) is 16.6. The standard InChI is InChI=1S/C23H28F3N7O2/c1-32-9-11-33(12-10-32)21(35)14-5-7-15(8-6-14)29-22-28-13-17(23(24,25)26)20(31-22)30-18-4-2-3-16(18)19(27)34/h5-8,13,16,18H,2-4,9-12H2,1H3,(H2,27,34)(H2,28,29,30,31). The van der Waals surface area contributed by atoms with E-state index in [-0.39, 0.29) is 11.9 Å². The van der Waals surface area contributed by atoms with Gasteiger partial charge in [0.2, 0.25) is 11.9 Å². The molecule has 2 heterocycles. The fourth-order valence-corrected chi connectivity index (χ4v) is 4.43. The first-order valence-electron chi connectivity index (χ1n) is 11.5. The van der Waals surface area contributed by atoms with Gasteiger partial charge in [0.25, 0.3) is 5.91 Å². The van der Waals surface area contributed by atoms with Crippen LogP contribution in [0.25, 0.3) is 0 Å². The van der Waals surface area contributed by atoms with Crippen LogP contribution in [0.1, 0.15) is 35.2 Å². The minimum atomic E-state index is -4.67. The highest BCUT2D eigenvalue weighted by atomic mass is 19.4. The average Bonchev–Trinajstić information content (AvgIpc) is 3.27. The highest BCUT2D eigenvalue weighted by Gasteiger charge is 2.38. The molecule has 12 heteroatoms. The van der Waals surface area contributed by atoms with E-state index in [0.717, 1.165) is 13.1 Å². The van der Waals surface area contributed by atoms with Crippen LogP contribution >= 0.6 is 0 Å². The molecule has 35 heavy (non-hydrogen) atoms. The molecule has 2 unspecified atom stereocenters. The van der Waals surface area contributed by atoms with Gasteiger partial charge in [-0.25, -0.2) is 4.98 Å². The van der Waals surface area contributed by atoms with Gasteiger partial charge in [0.05, 0.1) is 5.92 Å². The van der Waals surface area contributed by atoms with Crippen LogP contribution in [0.2, 0.25) is 0 Å². The molecule has 4 N–H and O–H groups in total. The molecule has 1 aliphatic carbocycles. The van der Waals surface area contributed by atoms with Gasteiger partial charge in [-0.2, -0.15) is 18.2 Å². The molecule has 1 aromatic heterocycles. The molecule has 1 saturated heterocycles. The van der Waals surface area contributed by atoms with E-state index < -0.39 is 35.4 Å². The van der Waals surface area contributed by atoms with Crippen molar-refractivity contribution >= 4 is 29.3 Å². The Balaban J connectivity index is 1.49. The van der Waals surface area contributed by atoms with Crippen LogP contribution in [-0.2, 0) is 11.0 Å². The first kappa shape index (κ1) is 24.7. The van der Waals surface area contributed by atoms with E-state index in [4.69, 9.17) is 5.73 Å². The average molecular weight is 492 g/mol. The van der Waals surface area contributed by atoms with Gasteiger partial charge >= 0.3 is 6.18 Å². The summed E-state index contributed by atoms with van der Waals surface area (Å²) in [6, 6.07) is 6.08. The Morgan fingerprint density at radius 1 is 1.09 bits per heavy atom. The number of amides is 2. The summed E-state index contributed by atoms with van der Waals surface area (Å²) in [4.78, 5) is 36.2. The Hall–Kier alpha value is -3.41. The molecule has 9 nitrogen and oxygen atoms in total. The molecular weight excluding hydrogens is 463 g/mol. The van der Waals surface area contributed by atoms with E-state index in [9.17, 15) is 22.8 Å². The maximum atomic E-state index is 13.6. The number of hydrogen-bond donors (Lipinski definition) is 3. The molecule has 1 aliphatic heterocycles. The fraction of sp³-hybridized carbons (Fsp3) is 0.478. The number of piperazine rings is 1. The van der Waals surface area contributed by atoms with Gasteiger partial charge in [-0.3, -0.25) is 9.59 Å². The summed E-state index contributed by atoms with van der Waals surface area (Å²) in [5.41, 5.74) is 5.43. The van der Waals surface area contributed by atoms with E-state index in [2.05, 4.69) is 25.5 Å². The molecule has 0 radical (unpaired) electrons. The Labute approximate surface area is 200 Å². The minimum absolute atomic E-state index is 0.0488. The molecule has 2 aromatic rings. The quantitative estimate of drug-likeness (QED) is 0.569. The van der Waals surface area contributed by atoms with E-state index in [1.807, 2.05) is 7.05 Å². The Morgan fingerprint density at radius 2 is 1.77 bits per heavy atom. The molecular formula is C23H28F3N7O2. The monoisotopic (exact) mass is 491 g/mol. The number of carbonyl (C=O) groups excluding carboxylic acids is 2. The Kier molecular flexibility index (Phi) is 7.10. The number of carbonyl (C=O) groups is 2. The molecule has 1 saturated carbocycles. The molecule has 188 valence electrons. The van der Waals surface area contributed by atoms with Gasteiger partial charge in [0, 0.05) is 49.7 Å². The van der Waals surface area contributed by atoms with Gasteiger partial charge in [-0.15, -0.1) is 0 Å². The van der Waals surface area contributed by atoms with Crippen molar-refractivity contribution in [3.8, 4) is 0 Å². The minimum Gasteiger partial charge on any atom is -0.369 e. The lowest BCUT2D eigenvalue weighted by Gasteiger charge is -2.32. The lowest BCUT2D eigenvalue weighted by molar-refractivity contribution is -0.137. The molecule has 0 spiro atoms. The van der Waals surface area contributed by atoms with Gasteiger partial charge < -0.3 is 26.2 Å². The van der Waals surface area contributed by atoms with Gasteiger partial charge in [0.15, 0.2) is 0 Å². The van der Waals surface area contributed by atoms with Crippen LogP contribution in [0.4, 0.5) is 30.6 Å². The third-order valence-corrected chi connectivity index (χ3v) is 6.48. The number of nitrogens with zero attached hydrogens (tertiary/aromatic N) is 4. The zero-order valence-corrected chi connectivity index (χ0v) is 19.3. The van der Waals surface area contributed by atoms with Gasteiger partial charge in [-0.1, -0.05) is 6.42 Å². The topological polar surface area (TPSA) is 116 Å². The number of nitrogens with one attached hydrogen (secondary N) is 2. The van der Waals surface area contributed by atoms with E-state index in [1.54, 1.807) is 29.2 Å². The second-order valence-corrected chi connectivity index (χ2v) is 8.94. The number of benzene rings is 1. The summed E-state index contributed by atoms with van der Waals surface area (Å²) in [6.45, 7) is 2.94. The highest BCUT2D eigenvalue weighted by molar-refractivity contribution is 5.94. The molecule has 2 atom stereocenters. The van der Waals surface area contributed by atoms with Crippen LogP contribution in [-0.4, -0.2) is 70.9 Å². The van der Waals surface area contributed by atoms with Crippen molar-refractivity contribution in [3.63, 3.8) is 0 Å². The lowest BCUT2D eigenvalue weighted by atomic mass is 10.0. The molecule has 2 fully saturated rings. The number of likely N-dealkylation sites (N-methyl/N-ethyl adjacent to an activating group) is 1. The number of alkyl halides is 3. The summed E-state index contributed by atoms with van der Waals surface area (Å²) >= 11 is 0. The first-order valence-corrected chi connectivity index (χ1v) is 11.5. The summed E-state index contributed by atoms with van der Waals surface area (Å²) < 4.78 is 40.7. The zero-order chi connectivity index (χ0) is 25.2. The molecule has 1 aromatic carbocycles. The van der Waals surface area contributed by atoms with Gasteiger partial charge in [-0.05, 0) is 44.2 Å². The van der Waals surface area contributed by atoms with Crippen molar-refractivity contribution in [2.24, 2.45) is 11.7 Å². The lowest BCUT2D eigenvalue weighted by Crippen LogP contribution is -2.47. The normalized spacial score (nSPS) is 21.1. The largest absolute Gasteiger partial charge is 0.421 e. The molecule has 4 rings (SSSR count). The van der Waals surface area contributed by atoms with Crippen LogP contribution in [0.3, 0.4) is 0 Å². The number of anilines is 3. The van der Waals surface area contributed by atoms with Crippen molar-refractivity contribution in [2.45, 2.75) is 31.5 Å². The number of nitrogens with two attached hydrogens (primary N) is 1. The highest BCUT2D eigenvalue weighted by Crippen LogP contribution is 2.36. The number of rotatable bonds is 6. The van der Waals surface area contributed by atoms with Gasteiger partial charge in [0.1, 0.15) is 11.4 Å². The third kappa shape index (κ3) is 5.81. The van der Waals surface area contributed by atoms with E-state index in [0.29, 0.717) is 49.8 Å². The summed E-state index contributed by atoms with van der Waals surface area (Å²) in [5, 5.41) is 5.65. The van der Waals surface area contributed by atoms with Crippen LogP contribution in [0.15, 0.2) is 30.5 Å². The molecule has 0 bridgehead atoms. The summed E-state index contributed by atoms with van der Waals surface area (Å²) in [7, 11) is 2.01. The van der Waals surface area contributed by atoms with Crippen molar-refractivity contribution in [2.75, 3.05) is 43.9 Å². The van der Waals surface area contributed by atoms with Crippen LogP contribution in [0.5, 0.6) is 0 Å². The van der Waals surface area contributed by atoms with E-state index in [1.165, 1.54) is 0 Å². The second kappa shape index (κ2) is 10.1. The maximum Gasteiger partial charge on any atom is 0.421 e. The predicted molar refractivity (Wildman–Crippen MR) is 124 cm³/mol. The van der Waals surface area contributed by atoms with Crippen molar-refractivity contribution < 1.29 is 22.8 Å². The summed E-state index contributed by atoms with van der Waals surface area (Å²) in [5.74, 6) is -1.63. The van der Waals surface area contributed by atoms with Crippen LogP contribution < -0.4 is 16.4 Å². The number of halogens is 3. The Bertz CT molecular complexity index is 1070. The van der Waals surface area contributed by atoms with Crippen molar-refractivity contribution in [3.05, 3.63) is 41.6 Å². The third-order valence-electron chi connectivity index (χ3n) is 6.48. The Morgan fingerprint density at radius 3 is 2.40 bits per heavy atom. The smallest absolute Gasteiger partial charge is 0.369 e. The second-order valence-electron chi connectivity index (χ2n) is 8.94. The number of hydrogen-bond acceptors (Lipinski definition) is 7. The maximum absolute atomic E-state index is 13.6. The molecule has 2 aliphatic rings. The zero-order valence-electron chi connectivity index (χ0n) is 19.3. The van der Waals surface area contributed by atoms with Crippen molar-refractivity contribution in [1.29, 1.82) is 0 Å².